The first-order valence-electron chi connectivity index (χ1n) is 4.95. The minimum absolute atomic E-state index is 0.253. The monoisotopic (exact) mass is 225 g/mol. The van der Waals surface area contributed by atoms with Crippen LogP contribution in [-0.4, -0.2) is 40.0 Å². The van der Waals surface area contributed by atoms with E-state index in [1.165, 1.54) is 0 Å². The lowest BCUT2D eigenvalue weighted by molar-refractivity contribution is -0.120. The highest BCUT2D eigenvalue weighted by Crippen LogP contribution is 2.07. The Balaban J connectivity index is 2.42. The minimum atomic E-state index is -1.29. The first kappa shape index (κ1) is 12.6. The maximum atomic E-state index is 11.4. The minimum Gasteiger partial charge on any atom is -0.394 e. The highest BCUT2D eigenvalue weighted by Gasteiger charge is 2.18. The summed E-state index contributed by atoms with van der Waals surface area (Å²) < 4.78 is 0. The Morgan fingerprint density at radius 2 is 1.81 bits per heavy atom. The van der Waals surface area contributed by atoms with E-state index < -0.39 is 24.7 Å². The first-order chi connectivity index (χ1) is 7.63. The van der Waals surface area contributed by atoms with Crippen LogP contribution in [0.2, 0.25) is 0 Å². The molecule has 0 aromatic heterocycles. The van der Waals surface area contributed by atoms with Gasteiger partial charge < -0.3 is 20.6 Å². The summed E-state index contributed by atoms with van der Waals surface area (Å²) in [6.45, 7) is -0.570. The Kier molecular flexibility index (Phi) is 4.91. The van der Waals surface area contributed by atoms with Crippen molar-refractivity contribution in [3.05, 3.63) is 30.3 Å². The van der Waals surface area contributed by atoms with Crippen molar-refractivity contribution in [2.75, 3.05) is 11.9 Å². The molecular weight excluding hydrogens is 210 g/mol. The summed E-state index contributed by atoms with van der Waals surface area (Å²) in [4.78, 5) is 11.4. The second kappa shape index (κ2) is 6.22. The number of hydrogen-bond donors (Lipinski definition) is 4. The molecule has 0 radical (unpaired) electrons. The molecule has 1 aromatic rings. The molecule has 1 aromatic carbocycles. The standard InChI is InChI=1S/C11H15NO4/c13-7-10(15)9(14)6-11(16)12-8-4-2-1-3-5-8/h1-5,9-10,13-15H,6-7H2,(H,12,16)/t9-,10+/m0/s1. The lowest BCUT2D eigenvalue weighted by Crippen LogP contribution is -2.33. The summed E-state index contributed by atoms with van der Waals surface area (Å²) >= 11 is 0. The molecule has 1 amide bonds. The Morgan fingerprint density at radius 1 is 1.19 bits per heavy atom. The zero-order chi connectivity index (χ0) is 12.0. The highest BCUT2D eigenvalue weighted by atomic mass is 16.4. The van der Waals surface area contributed by atoms with Crippen LogP contribution in [0.5, 0.6) is 0 Å². The van der Waals surface area contributed by atoms with Crippen molar-refractivity contribution < 1.29 is 20.1 Å². The molecule has 0 fully saturated rings. The lowest BCUT2D eigenvalue weighted by atomic mass is 10.1. The highest BCUT2D eigenvalue weighted by molar-refractivity contribution is 5.90. The van der Waals surface area contributed by atoms with Crippen LogP contribution in [0.3, 0.4) is 0 Å². The molecule has 0 aliphatic heterocycles. The molecule has 2 atom stereocenters. The van der Waals surface area contributed by atoms with Crippen LogP contribution >= 0.6 is 0 Å². The number of aliphatic hydroxyl groups excluding tert-OH is 3. The van der Waals surface area contributed by atoms with Gasteiger partial charge in [-0.05, 0) is 12.1 Å². The second-order valence-electron chi connectivity index (χ2n) is 3.44. The van der Waals surface area contributed by atoms with E-state index in [0.717, 1.165) is 0 Å². The van der Waals surface area contributed by atoms with E-state index in [1.54, 1.807) is 24.3 Å². The van der Waals surface area contributed by atoms with E-state index >= 15 is 0 Å². The zero-order valence-electron chi connectivity index (χ0n) is 8.71. The van der Waals surface area contributed by atoms with E-state index in [0.29, 0.717) is 5.69 Å². The molecular formula is C11H15NO4. The quantitative estimate of drug-likeness (QED) is 0.555. The van der Waals surface area contributed by atoms with Gasteiger partial charge >= 0.3 is 0 Å². The van der Waals surface area contributed by atoms with Gasteiger partial charge in [0.2, 0.25) is 5.91 Å². The molecule has 0 heterocycles. The number of carbonyl (C=O) groups is 1. The van der Waals surface area contributed by atoms with Crippen molar-refractivity contribution in [2.45, 2.75) is 18.6 Å². The summed E-state index contributed by atoms with van der Waals surface area (Å²) in [5, 5.41) is 29.5. The summed E-state index contributed by atoms with van der Waals surface area (Å²) in [7, 11) is 0. The van der Waals surface area contributed by atoms with Crippen molar-refractivity contribution in [1.29, 1.82) is 0 Å². The van der Waals surface area contributed by atoms with Crippen molar-refractivity contribution in [3.63, 3.8) is 0 Å². The summed E-state index contributed by atoms with van der Waals surface area (Å²) in [5.74, 6) is -0.411. The molecule has 0 spiro atoms. The van der Waals surface area contributed by atoms with Gasteiger partial charge in [-0.2, -0.15) is 0 Å². The third kappa shape index (κ3) is 3.98. The molecule has 0 bridgehead atoms. The molecule has 1 rings (SSSR count). The van der Waals surface area contributed by atoms with Crippen LogP contribution in [0.25, 0.3) is 0 Å². The summed E-state index contributed by atoms with van der Waals surface area (Å²) in [6.07, 6.45) is -2.80. The predicted octanol–water partition coefficient (Wildman–Crippen LogP) is -0.271. The first-order valence-corrected chi connectivity index (χ1v) is 4.95. The van der Waals surface area contributed by atoms with Crippen LogP contribution in [0, 0.1) is 0 Å². The van der Waals surface area contributed by atoms with Crippen LogP contribution in [0.4, 0.5) is 5.69 Å². The number of rotatable bonds is 5. The van der Waals surface area contributed by atoms with Gasteiger partial charge in [-0.1, -0.05) is 18.2 Å². The molecule has 5 nitrogen and oxygen atoms in total. The third-order valence-corrected chi connectivity index (χ3v) is 2.08. The van der Waals surface area contributed by atoms with Crippen molar-refractivity contribution >= 4 is 11.6 Å². The lowest BCUT2D eigenvalue weighted by Gasteiger charge is -2.14. The fraction of sp³-hybridized carbons (Fsp3) is 0.364. The number of benzene rings is 1. The van der Waals surface area contributed by atoms with Gasteiger partial charge in [0.25, 0.3) is 0 Å². The maximum absolute atomic E-state index is 11.4. The summed E-state index contributed by atoms with van der Waals surface area (Å²) in [6, 6.07) is 8.79. The van der Waals surface area contributed by atoms with Crippen LogP contribution in [0.1, 0.15) is 6.42 Å². The smallest absolute Gasteiger partial charge is 0.227 e. The largest absolute Gasteiger partial charge is 0.394 e. The van der Waals surface area contributed by atoms with Gasteiger partial charge in [-0.15, -0.1) is 0 Å². The predicted molar refractivity (Wildman–Crippen MR) is 58.8 cm³/mol. The van der Waals surface area contributed by atoms with E-state index in [1.807, 2.05) is 6.07 Å². The number of nitrogens with one attached hydrogen (secondary N) is 1. The normalized spacial score (nSPS) is 14.2. The SMILES string of the molecule is O=C(C[C@H](O)[C@H](O)CO)Nc1ccccc1. The molecule has 4 N–H and O–H groups in total. The number of aliphatic hydroxyl groups is 3. The van der Waals surface area contributed by atoms with Gasteiger partial charge in [0, 0.05) is 5.69 Å². The number of hydrogen-bond acceptors (Lipinski definition) is 4. The van der Waals surface area contributed by atoms with E-state index in [-0.39, 0.29) is 6.42 Å². The van der Waals surface area contributed by atoms with Crippen molar-refractivity contribution in [2.24, 2.45) is 0 Å². The fourth-order valence-electron chi connectivity index (χ4n) is 1.18. The van der Waals surface area contributed by atoms with E-state index in [2.05, 4.69) is 5.32 Å². The Bertz CT molecular complexity index is 328. The van der Waals surface area contributed by atoms with Crippen molar-refractivity contribution in [3.8, 4) is 0 Å². The number of para-hydroxylation sites is 1. The van der Waals surface area contributed by atoms with Crippen molar-refractivity contribution in [1.82, 2.24) is 0 Å². The molecule has 5 heteroatoms. The van der Waals surface area contributed by atoms with Gasteiger partial charge in [-0.3, -0.25) is 4.79 Å². The summed E-state index contributed by atoms with van der Waals surface area (Å²) in [5.41, 5.74) is 0.623. The Hall–Kier alpha value is -1.43. The van der Waals surface area contributed by atoms with Crippen LogP contribution in [-0.2, 0) is 4.79 Å². The van der Waals surface area contributed by atoms with Gasteiger partial charge in [-0.25, -0.2) is 0 Å². The van der Waals surface area contributed by atoms with E-state index in [9.17, 15) is 9.90 Å². The fourth-order valence-corrected chi connectivity index (χ4v) is 1.18. The maximum Gasteiger partial charge on any atom is 0.227 e. The molecule has 0 aliphatic rings. The molecule has 16 heavy (non-hydrogen) atoms. The van der Waals surface area contributed by atoms with Gasteiger partial charge in [0.05, 0.1) is 19.1 Å². The average Bonchev–Trinajstić information content (AvgIpc) is 2.29. The molecule has 0 saturated carbocycles. The second-order valence-corrected chi connectivity index (χ2v) is 3.44. The molecule has 0 unspecified atom stereocenters. The number of amides is 1. The molecule has 88 valence electrons. The van der Waals surface area contributed by atoms with Crippen LogP contribution in [0.15, 0.2) is 30.3 Å². The third-order valence-electron chi connectivity index (χ3n) is 2.08. The number of anilines is 1. The molecule has 0 aliphatic carbocycles. The Labute approximate surface area is 93.4 Å². The van der Waals surface area contributed by atoms with Crippen LogP contribution < -0.4 is 5.32 Å². The molecule has 0 saturated heterocycles. The zero-order valence-corrected chi connectivity index (χ0v) is 8.71. The van der Waals surface area contributed by atoms with Gasteiger partial charge in [0.15, 0.2) is 0 Å². The van der Waals surface area contributed by atoms with E-state index in [4.69, 9.17) is 10.2 Å². The average molecular weight is 225 g/mol. The topological polar surface area (TPSA) is 89.8 Å². The Morgan fingerprint density at radius 3 is 2.38 bits per heavy atom. The number of carbonyl (C=O) groups excluding carboxylic acids is 1. The van der Waals surface area contributed by atoms with Gasteiger partial charge in [0.1, 0.15) is 6.10 Å².